The van der Waals surface area contributed by atoms with E-state index in [9.17, 15) is 22.0 Å². The number of hydrogen-bond acceptors (Lipinski definition) is 3. The maximum Gasteiger partial charge on any atom is 0.254 e. The molecule has 1 aliphatic rings. The van der Waals surface area contributed by atoms with Gasteiger partial charge in [-0.1, -0.05) is 0 Å². The zero-order valence-corrected chi connectivity index (χ0v) is 11.6. The first-order valence-corrected chi connectivity index (χ1v) is 7.51. The molecule has 0 aliphatic heterocycles. The monoisotopic (exact) mass is 304 g/mol. The van der Waals surface area contributed by atoms with Gasteiger partial charge in [0.15, 0.2) is 5.82 Å². The molecule has 0 radical (unpaired) electrons. The van der Waals surface area contributed by atoms with Gasteiger partial charge >= 0.3 is 0 Å². The molecule has 1 fully saturated rings. The van der Waals surface area contributed by atoms with Crippen LogP contribution in [0.2, 0.25) is 0 Å². The minimum atomic E-state index is -4.44. The Morgan fingerprint density at radius 2 is 1.95 bits per heavy atom. The number of primary sulfonamides is 1. The SMILES string of the molecule is CC1(NC(=O)c2cc(F)cc(S(N)(=O)=O)c2F)CCC1. The molecule has 1 amide bonds. The highest BCUT2D eigenvalue weighted by molar-refractivity contribution is 7.89. The number of sulfonamides is 1. The van der Waals surface area contributed by atoms with E-state index in [1.165, 1.54) is 0 Å². The Balaban J connectivity index is 2.41. The molecule has 0 bridgehead atoms. The van der Waals surface area contributed by atoms with Crippen LogP contribution >= 0.6 is 0 Å². The molecule has 0 spiro atoms. The van der Waals surface area contributed by atoms with Crippen molar-refractivity contribution in [2.24, 2.45) is 5.14 Å². The van der Waals surface area contributed by atoms with E-state index in [1.54, 1.807) is 6.92 Å². The molecule has 0 unspecified atom stereocenters. The van der Waals surface area contributed by atoms with Crippen LogP contribution in [0.1, 0.15) is 36.5 Å². The second-order valence-corrected chi connectivity index (χ2v) is 6.71. The van der Waals surface area contributed by atoms with E-state index < -0.39 is 43.6 Å². The van der Waals surface area contributed by atoms with Crippen LogP contribution in [0, 0.1) is 11.6 Å². The van der Waals surface area contributed by atoms with Crippen molar-refractivity contribution in [2.45, 2.75) is 36.6 Å². The molecule has 2 rings (SSSR count). The summed E-state index contributed by atoms with van der Waals surface area (Å²) in [5, 5.41) is 7.37. The summed E-state index contributed by atoms with van der Waals surface area (Å²) in [6.45, 7) is 1.78. The van der Waals surface area contributed by atoms with Gasteiger partial charge in [-0.05, 0) is 38.3 Å². The third-order valence-corrected chi connectivity index (χ3v) is 4.34. The van der Waals surface area contributed by atoms with Gasteiger partial charge in [0.1, 0.15) is 10.7 Å². The molecule has 3 N–H and O–H groups in total. The number of amides is 1. The molecule has 8 heteroatoms. The molecular weight excluding hydrogens is 290 g/mol. The Morgan fingerprint density at radius 1 is 1.35 bits per heavy atom. The van der Waals surface area contributed by atoms with E-state index in [0.29, 0.717) is 12.1 Å². The zero-order chi connectivity index (χ0) is 15.1. The number of benzene rings is 1. The summed E-state index contributed by atoms with van der Waals surface area (Å²) in [6.07, 6.45) is 2.40. The molecule has 110 valence electrons. The number of hydrogen-bond donors (Lipinski definition) is 2. The molecule has 0 heterocycles. The van der Waals surface area contributed by atoms with E-state index in [4.69, 9.17) is 5.14 Å². The third-order valence-electron chi connectivity index (χ3n) is 3.43. The lowest BCUT2D eigenvalue weighted by molar-refractivity contribution is 0.0845. The summed E-state index contributed by atoms with van der Waals surface area (Å²) in [5.41, 5.74) is -1.13. The number of nitrogens with two attached hydrogens (primary N) is 1. The topological polar surface area (TPSA) is 89.3 Å². The lowest BCUT2D eigenvalue weighted by Crippen LogP contribution is -2.51. The van der Waals surface area contributed by atoms with E-state index in [0.717, 1.165) is 19.3 Å². The summed E-state index contributed by atoms with van der Waals surface area (Å²) < 4.78 is 49.7. The average Bonchev–Trinajstić information content (AvgIpc) is 2.28. The maximum absolute atomic E-state index is 14.0. The molecule has 20 heavy (non-hydrogen) atoms. The van der Waals surface area contributed by atoms with Crippen molar-refractivity contribution in [1.29, 1.82) is 0 Å². The second kappa shape index (κ2) is 4.78. The largest absolute Gasteiger partial charge is 0.347 e. The minimum absolute atomic E-state index is 0.451. The van der Waals surface area contributed by atoms with Crippen molar-refractivity contribution in [3.05, 3.63) is 29.3 Å². The molecule has 0 atom stereocenters. The highest BCUT2D eigenvalue weighted by Crippen LogP contribution is 2.31. The first-order valence-electron chi connectivity index (χ1n) is 5.97. The molecule has 5 nitrogen and oxygen atoms in total. The fraction of sp³-hybridized carbons (Fsp3) is 0.417. The molecule has 1 aromatic rings. The fourth-order valence-electron chi connectivity index (χ4n) is 2.11. The van der Waals surface area contributed by atoms with Crippen molar-refractivity contribution in [3.63, 3.8) is 0 Å². The standard InChI is InChI=1S/C12H14F2N2O3S/c1-12(3-2-4-12)16-11(17)8-5-7(13)6-9(10(8)14)20(15,18)19/h5-6H,2-4H2,1H3,(H,16,17)(H2,15,18,19). The van der Waals surface area contributed by atoms with Crippen LogP contribution in [-0.4, -0.2) is 19.9 Å². The molecule has 0 aromatic heterocycles. The quantitative estimate of drug-likeness (QED) is 0.881. The van der Waals surface area contributed by atoms with E-state index in [2.05, 4.69) is 5.32 Å². The number of halogens is 2. The number of rotatable bonds is 3. The van der Waals surface area contributed by atoms with Gasteiger partial charge in [0.05, 0.1) is 5.56 Å². The summed E-state index contributed by atoms with van der Waals surface area (Å²) in [6, 6.07) is 1.11. The van der Waals surface area contributed by atoms with Gasteiger partial charge in [-0.2, -0.15) is 0 Å². The Bertz CT molecular complexity index is 670. The van der Waals surface area contributed by atoms with Gasteiger partial charge < -0.3 is 5.32 Å². The number of nitrogens with one attached hydrogen (secondary N) is 1. The highest BCUT2D eigenvalue weighted by Gasteiger charge is 2.34. The van der Waals surface area contributed by atoms with Crippen LogP contribution in [-0.2, 0) is 10.0 Å². The maximum atomic E-state index is 14.0. The predicted molar refractivity (Wildman–Crippen MR) is 67.5 cm³/mol. The van der Waals surface area contributed by atoms with Crippen LogP contribution in [0.25, 0.3) is 0 Å². The van der Waals surface area contributed by atoms with Gasteiger partial charge in [0.2, 0.25) is 10.0 Å². The van der Waals surface area contributed by atoms with Gasteiger partial charge in [-0.25, -0.2) is 22.3 Å². The second-order valence-electron chi connectivity index (χ2n) is 5.18. The molecule has 1 aliphatic carbocycles. The van der Waals surface area contributed by atoms with E-state index in [-0.39, 0.29) is 0 Å². The van der Waals surface area contributed by atoms with Crippen LogP contribution in [0.15, 0.2) is 17.0 Å². The van der Waals surface area contributed by atoms with Crippen molar-refractivity contribution >= 4 is 15.9 Å². The van der Waals surface area contributed by atoms with Crippen molar-refractivity contribution in [3.8, 4) is 0 Å². The van der Waals surface area contributed by atoms with E-state index >= 15 is 0 Å². The summed E-state index contributed by atoms with van der Waals surface area (Å²) in [7, 11) is -4.44. The lowest BCUT2D eigenvalue weighted by Gasteiger charge is -2.39. The van der Waals surface area contributed by atoms with Crippen molar-refractivity contribution in [1.82, 2.24) is 5.32 Å². The summed E-state index contributed by atoms with van der Waals surface area (Å²) in [4.78, 5) is 10.9. The van der Waals surface area contributed by atoms with E-state index in [1.807, 2.05) is 0 Å². The Kier molecular flexibility index (Phi) is 3.55. The third kappa shape index (κ3) is 2.80. The Morgan fingerprint density at radius 3 is 2.40 bits per heavy atom. The van der Waals surface area contributed by atoms with Crippen molar-refractivity contribution in [2.75, 3.05) is 0 Å². The summed E-state index contributed by atoms with van der Waals surface area (Å²) in [5.74, 6) is -3.23. The van der Waals surface area contributed by atoms with Crippen LogP contribution in [0.5, 0.6) is 0 Å². The average molecular weight is 304 g/mol. The molecule has 1 aromatic carbocycles. The minimum Gasteiger partial charge on any atom is -0.347 e. The van der Waals surface area contributed by atoms with Gasteiger partial charge in [0, 0.05) is 5.54 Å². The van der Waals surface area contributed by atoms with Crippen LogP contribution in [0.4, 0.5) is 8.78 Å². The summed E-state index contributed by atoms with van der Waals surface area (Å²) >= 11 is 0. The van der Waals surface area contributed by atoms with Gasteiger partial charge in [0.25, 0.3) is 5.91 Å². The molecular formula is C12H14F2N2O3S. The lowest BCUT2D eigenvalue weighted by atomic mass is 9.78. The highest BCUT2D eigenvalue weighted by atomic mass is 32.2. The van der Waals surface area contributed by atoms with Crippen LogP contribution in [0.3, 0.4) is 0 Å². The first-order chi connectivity index (χ1) is 9.12. The number of carbonyl (C=O) groups excluding carboxylic acids is 1. The fourth-order valence-corrected chi connectivity index (χ4v) is 2.75. The predicted octanol–water partition coefficient (Wildman–Crippen LogP) is 1.28. The first kappa shape index (κ1) is 14.9. The zero-order valence-electron chi connectivity index (χ0n) is 10.7. The van der Waals surface area contributed by atoms with Gasteiger partial charge in [-0.15, -0.1) is 0 Å². The molecule has 0 saturated heterocycles. The normalized spacial score (nSPS) is 17.4. The Hall–Kier alpha value is -1.54. The smallest absolute Gasteiger partial charge is 0.254 e. The Labute approximate surface area is 115 Å². The van der Waals surface area contributed by atoms with Crippen LogP contribution < -0.4 is 10.5 Å². The number of carbonyl (C=O) groups is 1. The van der Waals surface area contributed by atoms with Gasteiger partial charge in [-0.3, -0.25) is 4.79 Å². The molecule has 1 saturated carbocycles. The van der Waals surface area contributed by atoms with Crippen molar-refractivity contribution < 1.29 is 22.0 Å².